The van der Waals surface area contributed by atoms with E-state index in [1.54, 1.807) is 55.6 Å². The minimum Gasteiger partial charge on any atom is -0.497 e. The Hall–Kier alpha value is -3.35. The Labute approximate surface area is 151 Å². The molecule has 0 bridgehead atoms. The van der Waals surface area contributed by atoms with Crippen LogP contribution < -0.4 is 15.4 Å². The van der Waals surface area contributed by atoms with Gasteiger partial charge in [0.1, 0.15) is 5.75 Å². The highest BCUT2D eigenvalue weighted by molar-refractivity contribution is 6.04. The monoisotopic (exact) mass is 356 g/mol. The van der Waals surface area contributed by atoms with Gasteiger partial charge in [0, 0.05) is 35.8 Å². The van der Waals surface area contributed by atoms with Crippen molar-refractivity contribution in [1.82, 2.24) is 0 Å². The van der Waals surface area contributed by atoms with Crippen LogP contribution in [0.15, 0.2) is 48.5 Å². The average Bonchev–Trinajstić information content (AvgIpc) is 2.62. The Balaban J connectivity index is 1.90. The van der Waals surface area contributed by atoms with Gasteiger partial charge in [-0.05, 0) is 42.8 Å². The molecule has 2 aromatic rings. The van der Waals surface area contributed by atoms with Crippen LogP contribution in [0.2, 0.25) is 0 Å². The normalized spacial score (nSPS) is 10.0. The number of anilines is 2. The molecule has 0 aliphatic heterocycles. The number of carboxylic acid groups (broad SMARTS) is 1. The van der Waals surface area contributed by atoms with Crippen molar-refractivity contribution in [3.8, 4) is 5.75 Å². The van der Waals surface area contributed by atoms with Gasteiger partial charge in [0.25, 0.3) is 5.91 Å². The van der Waals surface area contributed by atoms with Crippen molar-refractivity contribution in [3.05, 3.63) is 54.1 Å². The summed E-state index contributed by atoms with van der Waals surface area (Å²) in [6.07, 6.45) is 0.364. The largest absolute Gasteiger partial charge is 0.497 e. The summed E-state index contributed by atoms with van der Waals surface area (Å²) in [6.45, 7) is 0. The van der Waals surface area contributed by atoms with Crippen LogP contribution in [0.1, 0.15) is 29.6 Å². The summed E-state index contributed by atoms with van der Waals surface area (Å²) >= 11 is 0. The Bertz CT molecular complexity index is 787. The maximum absolute atomic E-state index is 12.3. The zero-order chi connectivity index (χ0) is 18.9. The minimum absolute atomic E-state index is 0.0448. The summed E-state index contributed by atoms with van der Waals surface area (Å²) in [5.74, 6) is -0.828. The number of nitrogens with one attached hydrogen (secondary N) is 2. The van der Waals surface area contributed by atoms with Gasteiger partial charge in [-0.2, -0.15) is 0 Å². The molecule has 0 unspecified atom stereocenters. The Morgan fingerprint density at radius 2 is 1.69 bits per heavy atom. The zero-order valence-corrected chi connectivity index (χ0v) is 14.3. The van der Waals surface area contributed by atoms with Crippen LogP contribution in [0.4, 0.5) is 11.4 Å². The van der Waals surface area contributed by atoms with E-state index >= 15 is 0 Å². The molecule has 2 aromatic carbocycles. The van der Waals surface area contributed by atoms with Gasteiger partial charge in [-0.1, -0.05) is 6.07 Å². The summed E-state index contributed by atoms with van der Waals surface area (Å²) in [6, 6.07) is 13.5. The van der Waals surface area contributed by atoms with Crippen LogP contribution in [0.5, 0.6) is 5.75 Å². The van der Waals surface area contributed by atoms with E-state index in [2.05, 4.69) is 10.6 Å². The molecule has 3 N–H and O–H groups in total. The molecule has 0 atom stereocenters. The van der Waals surface area contributed by atoms with Crippen LogP contribution in [-0.4, -0.2) is 30.0 Å². The van der Waals surface area contributed by atoms with E-state index in [0.29, 0.717) is 22.7 Å². The van der Waals surface area contributed by atoms with E-state index in [-0.39, 0.29) is 31.1 Å². The molecule has 0 fully saturated rings. The number of hydrogen-bond donors (Lipinski definition) is 3. The molecule has 0 aliphatic carbocycles. The van der Waals surface area contributed by atoms with E-state index in [1.807, 2.05) is 0 Å². The van der Waals surface area contributed by atoms with Gasteiger partial charge in [-0.25, -0.2) is 0 Å². The number of aliphatic carboxylic acids is 1. The van der Waals surface area contributed by atoms with E-state index in [9.17, 15) is 14.4 Å². The van der Waals surface area contributed by atoms with Crippen molar-refractivity contribution in [2.24, 2.45) is 0 Å². The fraction of sp³-hybridized carbons (Fsp3) is 0.211. The summed E-state index contributed by atoms with van der Waals surface area (Å²) in [4.78, 5) is 34.4. The van der Waals surface area contributed by atoms with Crippen LogP contribution in [0.3, 0.4) is 0 Å². The maximum Gasteiger partial charge on any atom is 0.303 e. The predicted molar refractivity (Wildman–Crippen MR) is 97.5 cm³/mol. The second-order valence-electron chi connectivity index (χ2n) is 5.56. The zero-order valence-electron chi connectivity index (χ0n) is 14.3. The summed E-state index contributed by atoms with van der Waals surface area (Å²) in [7, 11) is 1.55. The highest BCUT2D eigenvalue weighted by Crippen LogP contribution is 2.18. The SMILES string of the molecule is COc1cccc(NC(=O)c2ccc(NC(=O)CCCC(=O)O)cc2)c1. The molecule has 2 rings (SSSR count). The van der Waals surface area contributed by atoms with Gasteiger partial charge >= 0.3 is 5.97 Å². The second-order valence-corrected chi connectivity index (χ2v) is 5.56. The lowest BCUT2D eigenvalue weighted by Gasteiger charge is -2.08. The Morgan fingerprint density at radius 1 is 0.962 bits per heavy atom. The molecule has 2 amide bonds. The van der Waals surface area contributed by atoms with Gasteiger partial charge in [-0.15, -0.1) is 0 Å². The van der Waals surface area contributed by atoms with Crippen molar-refractivity contribution in [2.45, 2.75) is 19.3 Å². The van der Waals surface area contributed by atoms with Crippen LogP contribution >= 0.6 is 0 Å². The molecule has 0 aliphatic rings. The van der Waals surface area contributed by atoms with Gasteiger partial charge in [0.2, 0.25) is 5.91 Å². The number of carbonyl (C=O) groups is 3. The van der Waals surface area contributed by atoms with Crippen molar-refractivity contribution < 1.29 is 24.2 Å². The van der Waals surface area contributed by atoms with Crippen molar-refractivity contribution in [3.63, 3.8) is 0 Å². The third kappa shape index (κ3) is 5.94. The number of methoxy groups -OCH3 is 1. The Kier molecular flexibility index (Phi) is 6.73. The molecule has 0 heterocycles. The lowest BCUT2D eigenvalue weighted by atomic mass is 10.1. The minimum atomic E-state index is -0.927. The summed E-state index contributed by atoms with van der Waals surface area (Å²) in [5.41, 5.74) is 1.60. The van der Waals surface area contributed by atoms with Crippen LogP contribution in [0.25, 0.3) is 0 Å². The summed E-state index contributed by atoms with van der Waals surface area (Å²) in [5, 5.41) is 14.0. The molecule has 7 nitrogen and oxygen atoms in total. The predicted octanol–water partition coefficient (Wildman–Crippen LogP) is 3.14. The molecule has 0 spiro atoms. The number of carbonyl (C=O) groups excluding carboxylic acids is 2. The summed E-state index contributed by atoms with van der Waals surface area (Å²) < 4.78 is 5.11. The topological polar surface area (TPSA) is 105 Å². The molecule has 0 saturated carbocycles. The average molecular weight is 356 g/mol. The van der Waals surface area contributed by atoms with Gasteiger partial charge in [0.05, 0.1) is 7.11 Å². The number of benzene rings is 2. The Morgan fingerprint density at radius 3 is 2.35 bits per heavy atom. The lowest BCUT2D eigenvalue weighted by molar-refractivity contribution is -0.137. The molecular formula is C19H20N2O5. The molecule has 0 radical (unpaired) electrons. The first-order valence-electron chi connectivity index (χ1n) is 8.05. The fourth-order valence-corrected chi connectivity index (χ4v) is 2.23. The number of rotatable bonds is 8. The number of ether oxygens (including phenoxy) is 1. The number of amides is 2. The molecule has 0 aromatic heterocycles. The molecule has 7 heteroatoms. The maximum atomic E-state index is 12.3. The highest BCUT2D eigenvalue weighted by atomic mass is 16.5. The molecule has 26 heavy (non-hydrogen) atoms. The second kappa shape index (κ2) is 9.22. The van der Waals surface area contributed by atoms with Crippen molar-refractivity contribution >= 4 is 29.2 Å². The molecule has 136 valence electrons. The van der Waals surface area contributed by atoms with E-state index in [0.717, 1.165) is 0 Å². The van der Waals surface area contributed by atoms with Crippen LogP contribution in [0, 0.1) is 0 Å². The number of hydrogen-bond acceptors (Lipinski definition) is 4. The van der Waals surface area contributed by atoms with E-state index < -0.39 is 5.97 Å². The van der Waals surface area contributed by atoms with E-state index in [4.69, 9.17) is 9.84 Å². The van der Waals surface area contributed by atoms with Gasteiger partial charge in [0.15, 0.2) is 0 Å². The fourth-order valence-electron chi connectivity index (χ4n) is 2.23. The van der Waals surface area contributed by atoms with Crippen molar-refractivity contribution in [1.29, 1.82) is 0 Å². The van der Waals surface area contributed by atoms with Crippen LogP contribution in [-0.2, 0) is 9.59 Å². The quantitative estimate of drug-likeness (QED) is 0.674. The number of carboxylic acids is 1. The standard InChI is InChI=1S/C19H20N2O5/c1-26-16-5-2-4-15(12-16)21-19(25)13-8-10-14(11-9-13)20-17(22)6-3-7-18(23)24/h2,4-5,8-12H,3,6-7H2,1H3,(H,20,22)(H,21,25)(H,23,24). The highest BCUT2D eigenvalue weighted by Gasteiger charge is 2.08. The third-order valence-electron chi connectivity index (χ3n) is 3.55. The molecule has 0 saturated heterocycles. The first kappa shape index (κ1) is 19.0. The van der Waals surface area contributed by atoms with Crippen molar-refractivity contribution in [2.75, 3.05) is 17.7 Å². The molecular weight excluding hydrogens is 336 g/mol. The van der Waals surface area contributed by atoms with Gasteiger partial charge < -0.3 is 20.5 Å². The first-order valence-corrected chi connectivity index (χ1v) is 8.05. The smallest absolute Gasteiger partial charge is 0.303 e. The first-order chi connectivity index (χ1) is 12.5. The lowest BCUT2D eigenvalue weighted by Crippen LogP contribution is -2.13. The van der Waals surface area contributed by atoms with E-state index in [1.165, 1.54) is 0 Å². The third-order valence-corrected chi connectivity index (χ3v) is 3.55. The van der Waals surface area contributed by atoms with Gasteiger partial charge in [-0.3, -0.25) is 14.4 Å².